The molecule has 0 aromatic carbocycles. The van der Waals surface area contributed by atoms with Gasteiger partial charge >= 0.3 is 65.4 Å². The molecule has 0 aromatic heterocycles. The Balaban J connectivity index is -0.0000000126. The summed E-state index contributed by atoms with van der Waals surface area (Å²) in [4.78, 5) is 0. The van der Waals surface area contributed by atoms with E-state index in [9.17, 15) is 0 Å². The van der Waals surface area contributed by atoms with Gasteiger partial charge in [0.1, 0.15) is 0 Å². The molecule has 0 saturated heterocycles. The summed E-state index contributed by atoms with van der Waals surface area (Å²) in [5.41, 5.74) is 0. The smallest absolute Gasteiger partial charge is 0.343 e. The largest absolute Gasteiger partial charge is 3.00 e. The molecule has 0 fully saturated rings. The Hall–Kier alpha value is 3.38. The van der Waals surface area contributed by atoms with Crippen LogP contribution in [-0.4, -0.2) is 8.41 Å². The van der Waals surface area contributed by atoms with Crippen molar-refractivity contribution in [1.82, 2.24) is 0 Å². The molecule has 0 rings (SSSR count). The van der Waals surface area contributed by atoms with Crippen molar-refractivity contribution in [1.29, 1.82) is 0 Å². The fourth-order valence-electron chi connectivity index (χ4n) is 1.96. The van der Waals surface area contributed by atoms with Crippen LogP contribution in [0.2, 0.25) is 0 Å². The quantitative estimate of drug-likeness (QED) is 0.0925. The first kappa shape index (κ1) is 124. The maximum absolute atomic E-state index is 3.81. The molecule has 0 aliphatic heterocycles. The zero-order valence-electron chi connectivity index (χ0n) is 36.3. The van der Waals surface area contributed by atoms with Crippen LogP contribution >= 0.6 is 0 Å². The number of hydrogen-bond acceptors (Lipinski definition) is 0. The van der Waals surface area contributed by atoms with Gasteiger partial charge in [0.15, 0.2) is 0 Å². The van der Waals surface area contributed by atoms with Crippen LogP contribution in [0.3, 0.4) is 0 Å². The van der Waals surface area contributed by atoms with Gasteiger partial charge in [-0.3, -0.25) is 0 Å². The number of hydrogen-bond donors (Lipinski definition) is 0. The molecule has 0 aliphatic rings. The molecule has 0 heterocycles. The number of unbranched alkanes of at least 4 members (excludes halogenated alkanes) is 8. The third kappa shape index (κ3) is 253. The zero-order chi connectivity index (χ0) is 35.1. The van der Waals surface area contributed by atoms with Crippen LogP contribution in [0.1, 0.15) is 246 Å². The van der Waals surface area contributed by atoms with Gasteiger partial charge in [0.05, 0.1) is 0 Å². The van der Waals surface area contributed by atoms with Crippen molar-refractivity contribution in [3.63, 3.8) is 0 Å². The zero-order valence-corrected chi connectivity index (χ0v) is 44.8. The SMILES string of the molecule is C.C.C.C.CC.CC.CC.CC.CC.CC.CC.CC.CC.[B].[CH2-]CCC[CH-]CC[C@@H](C)[CH-]C.[CH2-]CCC[CH-]CC[C@H](C)[CH-]C.[Y+3].[Y+3].[Y]. The first-order chi connectivity index (χ1) is 19.6. The van der Waals surface area contributed by atoms with Gasteiger partial charge in [0.2, 0.25) is 0 Å². The normalized spacial score (nSPS) is 7.25. The van der Waals surface area contributed by atoms with E-state index >= 15 is 0 Å². The summed E-state index contributed by atoms with van der Waals surface area (Å²) >= 11 is 0. The van der Waals surface area contributed by atoms with Gasteiger partial charge in [-0.25, -0.2) is 0 Å². The van der Waals surface area contributed by atoms with Crippen molar-refractivity contribution in [2.24, 2.45) is 11.8 Å². The Morgan fingerprint density at radius 3 is 0.708 bits per heavy atom. The molecule has 300 valence electrons. The van der Waals surface area contributed by atoms with Gasteiger partial charge in [-0.2, -0.15) is 64.2 Å². The van der Waals surface area contributed by atoms with Crippen LogP contribution in [0, 0.1) is 51.4 Å². The topological polar surface area (TPSA) is 0 Å². The van der Waals surface area contributed by atoms with Crippen LogP contribution in [0.5, 0.6) is 0 Å². The van der Waals surface area contributed by atoms with Crippen molar-refractivity contribution < 1.29 is 98.1 Å². The third-order valence-corrected chi connectivity index (χ3v) is 4.11. The monoisotopic (exact) mass is 919 g/mol. The molecule has 0 bridgehead atoms. The molecule has 48 heavy (non-hydrogen) atoms. The van der Waals surface area contributed by atoms with E-state index in [0.717, 1.165) is 24.7 Å². The summed E-state index contributed by atoms with van der Waals surface area (Å²) in [5, 5.41) is 0. The standard InChI is InChI=1S/2C11H21.9C2H6.4CH4.B.3Y/c2*1-4-6-7-8-9-10-11(3)5-2;9*1-2;;;;;;;;/h2*5,8,11H,1,4,6-7,9-10H2,2-3H3;9*1-2H3;4*1H4;;;;/q2*-3;;;;;;;;;;;;;;;;2*+3/t2*11-;;;;;;;;;;;;;;;;;/m10................./s1. The second-order valence-electron chi connectivity index (χ2n) is 6.34. The molecule has 0 N–H and O–H groups in total. The fourth-order valence-corrected chi connectivity index (χ4v) is 1.96. The summed E-state index contributed by atoms with van der Waals surface area (Å²) in [6.45, 7) is 52.4. The molecule has 0 nitrogen and oxygen atoms in total. The van der Waals surface area contributed by atoms with Gasteiger partial charge in [-0.15, -0.1) is 25.7 Å². The van der Waals surface area contributed by atoms with Crippen LogP contribution in [-0.2, 0) is 98.1 Å². The molecular formula is C44H112BY3. The van der Waals surface area contributed by atoms with Gasteiger partial charge < -0.3 is 39.5 Å². The minimum atomic E-state index is 0. The Labute approximate surface area is 399 Å². The second-order valence-corrected chi connectivity index (χ2v) is 6.34. The molecule has 0 spiro atoms. The average Bonchev–Trinajstić information content (AvgIpc) is 3.09. The van der Waals surface area contributed by atoms with Crippen molar-refractivity contribution in [3.05, 3.63) is 39.5 Å². The van der Waals surface area contributed by atoms with E-state index in [0.29, 0.717) is 0 Å². The molecular weight excluding hydrogens is 806 g/mol. The third-order valence-electron chi connectivity index (χ3n) is 4.11. The Bertz CT molecular complexity index is 176. The van der Waals surface area contributed by atoms with Gasteiger partial charge in [-0.05, 0) is 0 Å². The first-order valence-electron chi connectivity index (χ1n) is 18.4. The summed E-state index contributed by atoms with van der Waals surface area (Å²) in [7, 11) is 0. The van der Waals surface area contributed by atoms with Crippen LogP contribution in [0.15, 0.2) is 0 Å². The average molecular weight is 919 g/mol. The van der Waals surface area contributed by atoms with E-state index in [2.05, 4.69) is 67.2 Å². The minimum Gasteiger partial charge on any atom is -0.343 e. The maximum atomic E-state index is 3.81. The van der Waals surface area contributed by atoms with Gasteiger partial charge in [0, 0.05) is 41.1 Å². The molecule has 0 aromatic rings. The second kappa shape index (κ2) is 225. The van der Waals surface area contributed by atoms with Crippen molar-refractivity contribution in [2.45, 2.75) is 246 Å². The van der Waals surface area contributed by atoms with Crippen LogP contribution in [0.4, 0.5) is 0 Å². The van der Waals surface area contributed by atoms with Gasteiger partial charge in [-0.1, -0.05) is 168 Å². The Kier molecular flexibility index (Phi) is 582. The molecule has 0 saturated carbocycles. The summed E-state index contributed by atoms with van der Waals surface area (Å²) < 4.78 is 0. The van der Waals surface area contributed by atoms with Gasteiger partial charge in [0.25, 0.3) is 0 Å². The van der Waals surface area contributed by atoms with E-state index in [1.165, 1.54) is 51.4 Å². The fraction of sp³-hybridized carbons (Fsp3) is 0.864. The number of rotatable bonds is 14. The van der Waals surface area contributed by atoms with Crippen LogP contribution in [0.25, 0.3) is 0 Å². The summed E-state index contributed by atoms with van der Waals surface area (Å²) in [6, 6.07) is 0. The maximum Gasteiger partial charge on any atom is 3.00 e. The van der Waals surface area contributed by atoms with Crippen LogP contribution < -0.4 is 0 Å². The summed E-state index contributed by atoms with van der Waals surface area (Å²) in [5.74, 6) is 1.57. The summed E-state index contributed by atoms with van der Waals surface area (Å²) in [6.07, 6.45) is 21.7. The molecule has 4 heteroatoms. The van der Waals surface area contributed by atoms with E-state index in [1.807, 2.05) is 125 Å². The molecule has 0 amide bonds. The molecule has 2 atom stereocenters. The predicted molar refractivity (Wildman–Crippen MR) is 239 cm³/mol. The van der Waals surface area contributed by atoms with Crippen molar-refractivity contribution in [3.8, 4) is 0 Å². The van der Waals surface area contributed by atoms with E-state index in [-0.39, 0.29) is 136 Å². The minimum absolute atomic E-state index is 0. The Morgan fingerprint density at radius 2 is 0.583 bits per heavy atom. The molecule has 4 radical (unpaired) electrons. The Morgan fingerprint density at radius 1 is 0.417 bits per heavy atom. The van der Waals surface area contributed by atoms with E-state index in [4.69, 9.17) is 0 Å². The van der Waals surface area contributed by atoms with E-state index < -0.39 is 0 Å². The molecule has 0 unspecified atom stereocenters. The first-order valence-corrected chi connectivity index (χ1v) is 18.4. The predicted octanol–water partition coefficient (Wildman–Crippen LogP) is 19.1. The van der Waals surface area contributed by atoms with Crippen molar-refractivity contribution >= 4 is 8.41 Å². The molecule has 0 aliphatic carbocycles. The van der Waals surface area contributed by atoms with E-state index in [1.54, 1.807) is 0 Å². The van der Waals surface area contributed by atoms with Crippen molar-refractivity contribution in [2.75, 3.05) is 0 Å².